The molecule has 0 bridgehead atoms. The lowest BCUT2D eigenvalue weighted by Gasteiger charge is -2.09. The van der Waals surface area contributed by atoms with Crippen LogP contribution in [0.25, 0.3) is 17.0 Å². The molecule has 0 aliphatic carbocycles. The molecule has 4 rings (SSSR count). The molecule has 152 valence electrons. The highest BCUT2D eigenvalue weighted by molar-refractivity contribution is 6.06. The van der Waals surface area contributed by atoms with Gasteiger partial charge >= 0.3 is 0 Å². The van der Waals surface area contributed by atoms with E-state index in [1.165, 1.54) is 0 Å². The molecule has 2 amide bonds. The first-order chi connectivity index (χ1) is 15.2. The number of nitrogens with one attached hydrogen (secondary N) is 3. The Balaban J connectivity index is 1.53. The van der Waals surface area contributed by atoms with Gasteiger partial charge in [-0.1, -0.05) is 66.7 Å². The van der Waals surface area contributed by atoms with Crippen LogP contribution in [0.2, 0.25) is 0 Å². The minimum absolute atomic E-state index is 0.0936. The number of hydrogen-bond acceptors (Lipinski definition) is 3. The van der Waals surface area contributed by atoms with E-state index >= 15 is 0 Å². The molecule has 0 aliphatic rings. The highest BCUT2D eigenvalue weighted by Crippen LogP contribution is 2.15. The van der Waals surface area contributed by atoms with E-state index < -0.39 is 5.91 Å². The maximum atomic E-state index is 12.8. The molecule has 0 radical (unpaired) electrons. The molecule has 6 heteroatoms. The summed E-state index contributed by atoms with van der Waals surface area (Å²) in [5.41, 5.74) is 5.65. The number of nitrogens with zero attached hydrogens (tertiary/aromatic N) is 1. The SMILES string of the molecule is O=C(N/N=C\c1c[nH]c2ccccc12)/C(=C/c1ccccc1)NC(=O)c1ccccc1. The van der Waals surface area contributed by atoms with Crippen molar-refractivity contribution in [2.45, 2.75) is 0 Å². The predicted molar refractivity (Wildman–Crippen MR) is 122 cm³/mol. The number of carbonyl (C=O) groups is 2. The first-order valence-electron chi connectivity index (χ1n) is 9.73. The number of benzene rings is 3. The third-order valence-electron chi connectivity index (χ3n) is 4.63. The summed E-state index contributed by atoms with van der Waals surface area (Å²) in [6, 6.07) is 25.8. The molecule has 31 heavy (non-hydrogen) atoms. The van der Waals surface area contributed by atoms with Gasteiger partial charge in [-0.3, -0.25) is 9.59 Å². The first-order valence-corrected chi connectivity index (χ1v) is 9.73. The fourth-order valence-electron chi connectivity index (χ4n) is 3.08. The fourth-order valence-corrected chi connectivity index (χ4v) is 3.08. The average Bonchev–Trinajstić information content (AvgIpc) is 3.23. The topological polar surface area (TPSA) is 86.3 Å². The van der Waals surface area contributed by atoms with Crippen LogP contribution in [0, 0.1) is 0 Å². The normalized spacial score (nSPS) is 11.5. The third-order valence-corrected chi connectivity index (χ3v) is 4.63. The summed E-state index contributed by atoms with van der Waals surface area (Å²) >= 11 is 0. The summed E-state index contributed by atoms with van der Waals surface area (Å²) in [7, 11) is 0. The number of aromatic amines is 1. The molecular weight excluding hydrogens is 388 g/mol. The van der Waals surface area contributed by atoms with Crippen LogP contribution in [0.4, 0.5) is 0 Å². The Hall–Kier alpha value is -4.45. The second-order valence-electron chi connectivity index (χ2n) is 6.78. The summed E-state index contributed by atoms with van der Waals surface area (Å²) in [4.78, 5) is 28.5. The van der Waals surface area contributed by atoms with Crippen molar-refractivity contribution >= 4 is 35.0 Å². The Labute approximate surface area is 179 Å². The highest BCUT2D eigenvalue weighted by Gasteiger charge is 2.14. The Morgan fingerprint density at radius 3 is 2.29 bits per heavy atom. The number of H-pyrrole nitrogens is 1. The van der Waals surface area contributed by atoms with Crippen LogP contribution >= 0.6 is 0 Å². The van der Waals surface area contributed by atoms with Crippen LogP contribution < -0.4 is 10.7 Å². The van der Waals surface area contributed by atoms with Crippen molar-refractivity contribution in [1.29, 1.82) is 0 Å². The van der Waals surface area contributed by atoms with Crippen LogP contribution in [0.5, 0.6) is 0 Å². The Bertz CT molecular complexity index is 1260. The van der Waals surface area contributed by atoms with Gasteiger partial charge in [0.15, 0.2) is 0 Å². The minimum Gasteiger partial charge on any atom is -0.361 e. The van der Waals surface area contributed by atoms with Crippen molar-refractivity contribution < 1.29 is 9.59 Å². The van der Waals surface area contributed by atoms with E-state index in [9.17, 15) is 9.59 Å². The van der Waals surface area contributed by atoms with Gasteiger partial charge in [0, 0.05) is 28.2 Å². The number of para-hydroxylation sites is 1. The van der Waals surface area contributed by atoms with Crippen LogP contribution in [0.3, 0.4) is 0 Å². The Morgan fingerprint density at radius 1 is 0.839 bits per heavy atom. The summed E-state index contributed by atoms with van der Waals surface area (Å²) in [6.07, 6.45) is 4.99. The monoisotopic (exact) mass is 408 g/mol. The average molecular weight is 408 g/mol. The van der Waals surface area contributed by atoms with Gasteiger partial charge < -0.3 is 10.3 Å². The molecule has 0 atom stereocenters. The van der Waals surface area contributed by atoms with Crippen molar-refractivity contribution in [2.24, 2.45) is 5.10 Å². The third kappa shape index (κ3) is 4.94. The van der Waals surface area contributed by atoms with Gasteiger partial charge in [-0.15, -0.1) is 0 Å². The highest BCUT2D eigenvalue weighted by atomic mass is 16.2. The van der Waals surface area contributed by atoms with E-state index in [2.05, 4.69) is 20.8 Å². The van der Waals surface area contributed by atoms with Gasteiger partial charge in [0.2, 0.25) is 0 Å². The molecule has 0 fully saturated rings. The predicted octanol–water partition coefficient (Wildman–Crippen LogP) is 4.09. The van der Waals surface area contributed by atoms with Crippen LogP contribution in [-0.2, 0) is 4.79 Å². The number of hydrazone groups is 1. The quantitative estimate of drug-likeness (QED) is 0.255. The maximum Gasteiger partial charge on any atom is 0.287 e. The lowest BCUT2D eigenvalue weighted by atomic mass is 10.1. The zero-order valence-electron chi connectivity index (χ0n) is 16.6. The molecule has 6 nitrogen and oxygen atoms in total. The van der Waals surface area contributed by atoms with E-state index in [1.807, 2.05) is 66.9 Å². The number of rotatable bonds is 6. The Kier molecular flexibility index (Phi) is 6.00. The zero-order chi connectivity index (χ0) is 21.5. The lowest BCUT2D eigenvalue weighted by molar-refractivity contribution is -0.117. The largest absolute Gasteiger partial charge is 0.361 e. The number of aromatic nitrogens is 1. The van der Waals surface area contributed by atoms with Gasteiger partial charge in [0.1, 0.15) is 5.70 Å². The second-order valence-corrected chi connectivity index (χ2v) is 6.78. The standard InChI is InChI=1S/C25H20N4O2/c30-24(19-11-5-2-6-12-19)28-23(15-18-9-3-1-4-10-18)25(31)29-27-17-20-16-26-22-14-8-7-13-21(20)22/h1-17,26H,(H,28,30)(H,29,31)/b23-15-,27-17-. The van der Waals surface area contributed by atoms with Crippen molar-refractivity contribution in [3.05, 3.63) is 114 Å². The summed E-state index contributed by atoms with van der Waals surface area (Å²) < 4.78 is 0. The van der Waals surface area contributed by atoms with Crippen molar-refractivity contribution in [3.63, 3.8) is 0 Å². The van der Waals surface area contributed by atoms with Crippen molar-refractivity contribution in [1.82, 2.24) is 15.7 Å². The number of fused-ring (bicyclic) bond motifs is 1. The van der Waals surface area contributed by atoms with E-state index in [1.54, 1.807) is 36.6 Å². The van der Waals surface area contributed by atoms with E-state index in [0.29, 0.717) is 5.56 Å². The molecule has 0 unspecified atom stereocenters. The Morgan fingerprint density at radius 2 is 1.52 bits per heavy atom. The van der Waals surface area contributed by atoms with Crippen LogP contribution in [-0.4, -0.2) is 23.0 Å². The summed E-state index contributed by atoms with van der Waals surface area (Å²) in [5, 5.41) is 7.75. The number of amides is 2. The molecule has 0 spiro atoms. The van der Waals surface area contributed by atoms with Gasteiger partial charge in [-0.05, 0) is 29.8 Å². The second kappa shape index (κ2) is 9.37. The van der Waals surface area contributed by atoms with Crippen molar-refractivity contribution in [3.8, 4) is 0 Å². The fraction of sp³-hybridized carbons (Fsp3) is 0. The summed E-state index contributed by atoms with van der Waals surface area (Å²) in [6.45, 7) is 0. The lowest BCUT2D eigenvalue weighted by Crippen LogP contribution is -2.32. The molecule has 0 saturated heterocycles. The summed E-state index contributed by atoms with van der Waals surface area (Å²) in [5.74, 6) is -0.900. The van der Waals surface area contributed by atoms with E-state index in [0.717, 1.165) is 22.0 Å². The molecule has 3 N–H and O–H groups in total. The smallest absolute Gasteiger partial charge is 0.287 e. The van der Waals surface area contributed by atoms with Gasteiger partial charge in [0.25, 0.3) is 11.8 Å². The van der Waals surface area contributed by atoms with Crippen LogP contribution in [0.1, 0.15) is 21.5 Å². The molecule has 1 heterocycles. The van der Waals surface area contributed by atoms with E-state index in [4.69, 9.17) is 0 Å². The molecule has 0 saturated carbocycles. The van der Waals surface area contributed by atoms with E-state index in [-0.39, 0.29) is 11.6 Å². The van der Waals surface area contributed by atoms with Gasteiger partial charge in [-0.2, -0.15) is 5.10 Å². The van der Waals surface area contributed by atoms with Gasteiger partial charge in [0.05, 0.1) is 6.21 Å². The molecule has 0 aliphatic heterocycles. The molecular formula is C25H20N4O2. The maximum absolute atomic E-state index is 12.8. The first kappa shape index (κ1) is 19.8. The molecule has 4 aromatic rings. The minimum atomic E-state index is -0.524. The number of carbonyl (C=O) groups excluding carboxylic acids is 2. The molecule has 3 aromatic carbocycles. The van der Waals surface area contributed by atoms with Gasteiger partial charge in [-0.25, -0.2) is 5.43 Å². The molecule has 1 aromatic heterocycles. The number of hydrogen-bond donors (Lipinski definition) is 3. The van der Waals surface area contributed by atoms with Crippen molar-refractivity contribution in [2.75, 3.05) is 0 Å². The van der Waals surface area contributed by atoms with Crippen LogP contribution in [0.15, 0.2) is 102 Å². The zero-order valence-corrected chi connectivity index (χ0v) is 16.6.